The minimum Gasteiger partial charge on any atom is -0.511 e. The normalized spacial score (nSPS) is 26.0. The van der Waals surface area contributed by atoms with Crippen molar-refractivity contribution in [2.45, 2.75) is 39.2 Å². The highest BCUT2D eigenvalue weighted by Crippen LogP contribution is 2.20. The molecule has 1 heterocycles. The van der Waals surface area contributed by atoms with Crippen LogP contribution < -0.4 is 0 Å². The number of hydrogen-bond donors (Lipinski definition) is 1. The minimum absolute atomic E-state index is 0.144. The van der Waals surface area contributed by atoms with Crippen LogP contribution in [0.15, 0.2) is 11.3 Å². The van der Waals surface area contributed by atoms with E-state index in [0.29, 0.717) is 12.8 Å². The van der Waals surface area contributed by atoms with E-state index in [1.165, 1.54) is 0 Å². The van der Waals surface area contributed by atoms with Crippen LogP contribution in [0.1, 0.15) is 33.1 Å². The van der Waals surface area contributed by atoms with Gasteiger partial charge < -0.3 is 9.84 Å². The lowest BCUT2D eigenvalue weighted by Crippen LogP contribution is -2.31. The van der Waals surface area contributed by atoms with E-state index in [9.17, 15) is 14.7 Å². The molecule has 0 aromatic rings. The van der Waals surface area contributed by atoms with Gasteiger partial charge >= 0.3 is 5.97 Å². The van der Waals surface area contributed by atoms with Crippen molar-refractivity contribution in [1.82, 2.24) is 0 Å². The molecule has 0 bridgehead atoms. The van der Waals surface area contributed by atoms with E-state index in [4.69, 9.17) is 4.74 Å². The number of Topliss-reactive ketones (excluding diaryl/α,β-unsaturated/α-hetero) is 1. The molecule has 1 saturated heterocycles. The number of ether oxygens (including phenoxy) is 1. The van der Waals surface area contributed by atoms with Gasteiger partial charge in [-0.2, -0.15) is 0 Å². The van der Waals surface area contributed by atoms with Gasteiger partial charge in [-0.05, 0) is 13.3 Å². The van der Waals surface area contributed by atoms with Gasteiger partial charge in [-0.3, -0.25) is 4.79 Å². The third kappa shape index (κ3) is 2.13. The van der Waals surface area contributed by atoms with Gasteiger partial charge in [-0.15, -0.1) is 0 Å². The predicted octanol–water partition coefficient (Wildman–Crippen LogP) is 1.50. The number of cyclic esters (lactones) is 1. The first kappa shape index (κ1) is 10.8. The summed E-state index contributed by atoms with van der Waals surface area (Å²) in [6, 6.07) is 0. The number of allylic oxidation sites excluding steroid dienone is 1. The first-order valence-electron chi connectivity index (χ1n) is 4.72. The second kappa shape index (κ2) is 4.26. The zero-order valence-corrected chi connectivity index (χ0v) is 8.37. The average molecular weight is 198 g/mol. The fourth-order valence-corrected chi connectivity index (χ4v) is 1.40. The molecule has 1 N–H and O–H groups in total. The molecule has 1 fully saturated rings. The second-order valence-electron chi connectivity index (χ2n) is 3.41. The van der Waals surface area contributed by atoms with Crippen LogP contribution >= 0.6 is 0 Å². The van der Waals surface area contributed by atoms with E-state index < -0.39 is 5.97 Å². The van der Waals surface area contributed by atoms with E-state index in [-0.39, 0.29) is 29.6 Å². The zero-order valence-electron chi connectivity index (χ0n) is 8.37. The van der Waals surface area contributed by atoms with Crippen molar-refractivity contribution in [1.29, 1.82) is 0 Å². The average Bonchev–Trinajstić information content (AvgIpc) is 2.01. The van der Waals surface area contributed by atoms with Crippen LogP contribution in [0.3, 0.4) is 0 Å². The van der Waals surface area contributed by atoms with Gasteiger partial charge in [0.2, 0.25) is 0 Å². The molecule has 1 unspecified atom stereocenters. The fraction of sp³-hybridized carbons (Fsp3) is 0.600. The summed E-state index contributed by atoms with van der Waals surface area (Å²) in [5.74, 6) is -1.16. The van der Waals surface area contributed by atoms with E-state index in [0.717, 1.165) is 0 Å². The molecule has 0 aromatic carbocycles. The number of carbonyl (C=O) groups is 2. The van der Waals surface area contributed by atoms with Gasteiger partial charge in [-0.1, -0.05) is 6.92 Å². The van der Waals surface area contributed by atoms with Gasteiger partial charge in [0, 0.05) is 12.8 Å². The first-order valence-corrected chi connectivity index (χ1v) is 4.72. The van der Waals surface area contributed by atoms with Crippen LogP contribution in [0.2, 0.25) is 0 Å². The van der Waals surface area contributed by atoms with Gasteiger partial charge in [0.15, 0.2) is 5.78 Å². The number of rotatable bonds is 2. The van der Waals surface area contributed by atoms with Gasteiger partial charge in [-0.25, -0.2) is 4.79 Å². The summed E-state index contributed by atoms with van der Waals surface area (Å²) in [4.78, 5) is 22.7. The number of carbonyl (C=O) groups excluding carboxylic acids is 2. The maximum absolute atomic E-state index is 11.4. The molecule has 1 aliphatic rings. The molecule has 0 spiro atoms. The van der Waals surface area contributed by atoms with Crippen LogP contribution in [-0.4, -0.2) is 23.0 Å². The molecule has 0 aromatic heterocycles. The van der Waals surface area contributed by atoms with E-state index in [1.807, 2.05) is 6.92 Å². The number of aliphatic hydroxyl groups is 1. The molecule has 78 valence electrons. The summed E-state index contributed by atoms with van der Waals surface area (Å²) in [6.45, 7) is 3.52. The molecule has 0 amide bonds. The van der Waals surface area contributed by atoms with Crippen molar-refractivity contribution in [3.05, 3.63) is 11.3 Å². The highest BCUT2D eigenvalue weighted by molar-refractivity contribution is 6.19. The standard InChI is InChI=1S/C10H14O4/c1-3-4-7(11)9-8(12)5-6(2)14-10(9)13/h6,11H,3-5H2,1-2H3/b9-7-. The quantitative estimate of drug-likeness (QED) is 0.316. The van der Waals surface area contributed by atoms with Crippen LogP contribution in [0, 0.1) is 0 Å². The van der Waals surface area contributed by atoms with Crippen LogP contribution in [0.4, 0.5) is 0 Å². The van der Waals surface area contributed by atoms with Gasteiger partial charge in [0.05, 0.1) is 0 Å². The molecule has 1 aliphatic heterocycles. The fourth-order valence-electron chi connectivity index (χ4n) is 1.40. The van der Waals surface area contributed by atoms with Crippen LogP contribution in [-0.2, 0) is 14.3 Å². The summed E-state index contributed by atoms with van der Waals surface area (Å²) in [6.07, 6.45) is 0.804. The lowest BCUT2D eigenvalue weighted by Gasteiger charge is -2.20. The summed E-state index contributed by atoms with van der Waals surface area (Å²) in [5.41, 5.74) is -0.162. The Morgan fingerprint density at radius 2 is 2.21 bits per heavy atom. The highest BCUT2D eigenvalue weighted by atomic mass is 16.5. The third-order valence-corrected chi connectivity index (χ3v) is 2.04. The molecule has 14 heavy (non-hydrogen) atoms. The SMILES string of the molecule is CCC/C(O)=C1\C(=O)CC(C)OC1=O. The van der Waals surface area contributed by atoms with Crippen molar-refractivity contribution in [2.24, 2.45) is 0 Å². The summed E-state index contributed by atoms with van der Waals surface area (Å²) < 4.78 is 4.86. The molecule has 4 heteroatoms. The Hall–Kier alpha value is -1.32. The Labute approximate surface area is 82.6 Å². The van der Waals surface area contributed by atoms with Crippen LogP contribution in [0.5, 0.6) is 0 Å². The maximum atomic E-state index is 11.4. The Balaban J connectivity index is 2.92. The third-order valence-electron chi connectivity index (χ3n) is 2.04. The van der Waals surface area contributed by atoms with Gasteiger partial charge in [0.25, 0.3) is 0 Å². The lowest BCUT2D eigenvalue weighted by atomic mass is 10.0. The monoisotopic (exact) mass is 198 g/mol. The van der Waals surface area contributed by atoms with Crippen molar-refractivity contribution in [3.8, 4) is 0 Å². The number of esters is 1. The highest BCUT2D eigenvalue weighted by Gasteiger charge is 2.32. The van der Waals surface area contributed by atoms with Gasteiger partial charge in [0.1, 0.15) is 17.4 Å². The summed E-state index contributed by atoms with van der Waals surface area (Å²) in [7, 11) is 0. The molecule has 0 saturated carbocycles. The number of ketones is 1. The first-order chi connectivity index (χ1) is 6.56. The van der Waals surface area contributed by atoms with E-state index in [2.05, 4.69) is 0 Å². The van der Waals surface area contributed by atoms with Crippen molar-refractivity contribution < 1.29 is 19.4 Å². The molecule has 1 rings (SSSR count). The predicted molar refractivity (Wildman–Crippen MR) is 49.7 cm³/mol. The van der Waals surface area contributed by atoms with Crippen LogP contribution in [0.25, 0.3) is 0 Å². The van der Waals surface area contributed by atoms with E-state index >= 15 is 0 Å². The Morgan fingerprint density at radius 1 is 1.57 bits per heavy atom. The zero-order chi connectivity index (χ0) is 10.7. The van der Waals surface area contributed by atoms with Crippen molar-refractivity contribution in [2.75, 3.05) is 0 Å². The summed E-state index contributed by atoms with van der Waals surface area (Å²) in [5, 5.41) is 9.46. The molecule has 4 nitrogen and oxygen atoms in total. The molecular weight excluding hydrogens is 184 g/mol. The molecular formula is C10H14O4. The smallest absolute Gasteiger partial charge is 0.345 e. The molecule has 0 aliphatic carbocycles. The molecule has 1 atom stereocenters. The van der Waals surface area contributed by atoms with E-state index in [1.54, 1.807) is 6.92 Å². The summed E-state index contributed by atoms with van der Waals surface area (Å²) >= 11 is 0. The second-order valence-corrected chi connectivity index (χ2v) is 3.41. The Kier molecular flexibility index (Phi) is 3.28. The Morgan fingerprint density at radius 3 is 2.71 bits per heavy atom. The maximum Gasteiger partial charge on any atom is 0.345 e. The molecule has 0 radical (unpaired) electrons. The van der Waals surface area contributed by atoms with Crippen molar-refractivity contribution in [3.63, 3.8) is 0 Å². The lowest BCUT2D eigenvalue weighted by molar-refractivity contribution is -0.150. The largest absolute Gasteiger partial charge is 0.511 e. The minimum atomic E-state index is -0.695. The number of aliphatic hydroxyl groups excluding tert-OH is 1. The Bertz CT molecular complexity index is 270. The topological polar surface area (TPSA) is 63.6 Å². The number of hydrogen-bond acceptors (Lipinski definition) is 4. The van der Waals surface area contributed by atoms with Crippen molar-refractivity contribution >= 4 is 11.8 Å².